The molecule has 204 valence electrons. The second-order valence-corrected chi connectivity index (χ2v) is 12.0. The molecule has 0 bridgehead atoms. The zero-order valence-corrected chi connectivity index (χ0v) is 25.0. The first kappa shape index (κ1) is 28.8. The van der Waals surface area contributed by atoms with Crippen molar-refractivity contribution in [3.8, 4) is 11.8 Å². The zero-order chi connectivity index (χ0) is 28.5. The maximum Gasteiger partial charge on any atom is 0.269 e. The molecule has 2 aromatic rings. The van der Waals surface area contributed by atoms with Gasteiger partial charge in [0.1, 0.15) is 18.2 Å². The van der Waals surface area contributed by atoms with Crippen LogP contribution in [0.1, 0.15) is 43.7 Å². The second-order valence-electron chi connectivity index (χ2n) is 10.3. The molecule has 0 amide bonds. The lowest BCUT2D eigenvalue weighted by atomic mass is 9.68. The number of ether oxygens (including phenoxy) is 2. The molecular formula is C28H28Br2N4O5. The number of rotatable bonds is 8. The zero-order valence-electron chi connectivity index (χ0n) is 21.8. The Balaban J connectivity index is 1.72. The van der Waals surface area contributed by atoms with E-state index in [4.69, 9.17) is 15.2 Å². The summed E-state index contributed by atoms with van der Waals surface area (Å²) < 4.78 is 12.5. The molecule has 0 radical (unpaired) electrons. The highest BCUT2D eigenvalue weighted by Gasteiger charge is 2.44. The highest BCUT2D eigenvalue weighted by atomic mass is 79.9. The number of benzene rings is 2. The molecule has 2 N–H and O–H groups in total. The van der Waals surface area contributed by atoms with E-state index in [1.54, 1.807) is 19.2 Å². The molecule has 0 aromatic heterocycles. The molecule has 39 heavy (non-hydrogen) atoms. The Labute approximate surface area is 243 Å². The van der Waals surface area contributed by atoms with Crippen LogP contribution >= 0.6 is 31.9 Å². The number of nitriles is 1. The van der Waals surface area contributed by atoms with Crippen molar-refractivity contribution in [2.75, 3.05) is 20.3 Å². The third-order valence-corrected chi connectivity index (χ3v) is 8.07. The summed E-state index contributed by atoms with van der Waals surface area (Å²) in [6, 6.07) is 12.1. The van der Waals surface area contributed by atoms with Crippen LogP contribution in [-0.2, 0) is 16.1 Å². The number of allylic oxidation sites excluding steroid dienone is 3. The predicted molar refractivity (Wildman–Crippen MR) is 152 cm³/mol. The molecule has 1 aliphatic heterocycles. The molecule has 0 saturated carbocycles. The van der Waals surface area contributed by atoms with Crippen molar-refractivity contribution < 1.29 is 19.2 Å². The van der Waals surface area contributed by atoms with Crippen molar-refractivity contribution in [2.24, 2.45) is 11.1 Å². The predicted octanol–water partition coefficient (Wildman–Crippen LogP) is 6.08. The Morgan fingerprint density at radius 1 is 1.21 bits per heavy atom. The number of nitro groups is 1. The lowest BCUT2D eigenvalue weighted by molar-refractivity contribution is -0.384. The maximum absolute atomic E-state index is 13.6. The minimum atomic E-state index is -0.622. The Morgan fingerprint density at radius 2 is 1.85 bits per heavy atom. The van der Waals surface area contributed by atoms with Gasteiger partial charge in [0.05, 0.1) is 38.0 Å². The first-order valence-electron chi connectivity index (χ1n) is 12.2. The van der Waals surface area contributed by atoms with Gasteiger partial charge in [-0.1, -0.05) is 13.8 Å². The Bertz CT molecular complexity index is 1400. The maximum atomic E-state index is 13.6. The second kappa shape index (κ2) is 11.5. The number of nitrogens with two attached hydrogens (primary N) is 1. The Kier molecular flexibility index (Phi) is 8.49. The molecule has 4 rings (SSSR count). The fraction of sp³-hybridized carbons (Fsp3) is 0.357. The number of hydrogen-bond acceptors (Lipinski definition) is 8. The van der Waals surface area contributed by atoms with E-state index in [1.807, 2.05) is 17.0 Å². The molecule has 1 heterocycles. The highest BCUT2D eigenvalue weighted by molar-refractivity contribution is 9.11. The van der Waals surface area contributed by atoms with E-state index in [0.29, 0.717) is 57.7 Å². The van der Waals surface area contributed by atoms with Gasteiger partial charge < -0.3 is 20.1 Å². The first-order chi connectivity index (χ1) is 18.5. The largest absolute Gasteiger partial charge is 0.487 e. The average Bonchev–Trinajstić information content (AvgIpc) is 2.86. The number of ketones is 1. The van der Waals surface area contributed by atoms with Crippen molar-refractivity contribution in [3.05, 3.63) is 89.2 Å². The van der Waals surface area contributed by atoms with Crippen LogP contribution < -0.4 is 10.5 Å². The van der Waals surface area contributed by atoms with Crippen LogP contribution in [0.15, 0.2) is 68.0 Å². The summed E-state index contributed by atoms with van der Waals surface area (Å²) in [7, 11) is 1.60. The van der Waals surface area contributed by atoms with Gasteiger partial charge in [0, 0.05) is 43.5 Å². The van der Waals surface area contributed by atoms with Crippen molar-refractivity contribution >= 4 is 43.3 Å². The number of non-ortho nitro benzene ring substituents is 1. The van der Waals surface area contributed by atoms with Gasteiger partial charge in [-0.2, -0.15) is 5.26 Å². The molecule has 1 aliphatic carbocycles. The van der Waals surface area contributed by atoms with E-state index in [2.05, 4.69) is 51.8 Å². The van der Waals surface area contributed by atoms with E-state index >= 15 is 0 Å². The van der Waals surface area contributed by atoms with Crippen LogP contribution in [0.4, 0.5) is 5.69 Å². The molecule has 2 aromatic carbocycles. The van der Waals surface area contributed by atoms with Gasteiger partial charge in [0.15, 0.2) is 5.78 Å². The number of halogens is 2. The molecule has 0 saturated heterocycles. The minimum absolute atomic E-state index is 0.000315. The van der Waals surface area contributed by atoms with E-state index in [1.165, 1.54) is 12.1 Å². The molecule has 1 atom stereocenters. The van der Waals surface area contributed by atoms with Crippen molar-refractivity contribution in [3.63, 3.8) is 0 Å². The quantitative estimate of drug-likeness (QED) is 0.266. The number of Topliss-reactive ketones (excluding diaryl/α,β-unsaturated/α-hetero) is 1. The van der Waals surface area contributed by atoms with E-state index < -0.39 is 10.8 Å². The van der Waals surface area contributed by atoms with Crippen LogP contribution in [0.5, 0.6) is 5.75 Å². The standard InChI is InChI=1S/C28H28Br2N4O5/c1-28(2)12-22-25(23(35)13-28)24(19(14-31)27(32)33(22)8-9-38-3)17-10-20(29)26(21(30)11-17)39-15-16-4-6-18(7-5-16)34(36)37/h4-7,10-11,24H,8-9,12-13,15,32H2,1-3H3/t24-/m1/s1. The summed E-state index contributed by atoms with van der Waals surface area (Å²) in [5, 5.41) is 21.1. The van der Waals surface area contributed by atoms with Crippen LogP contribution in [0.25, 0.3) is 0 Å². The summed E-state index contributed by atoms with van der Waals surface area (Å²) in [6.07, 6.45) is 1.02. The normalized spacial score (nSPS) is 18.6. The van der Waals surface area contributed by atoms with Gasteiger partial charge >= 0.3 is 0 Å². The van der Waals surface area contributed by atoms with E-state index in [9.17, 15) is 20.2 Å². The summed E-state index contributed by atoms with van der Waals surface area (Å²) in [6.45, 7) is 5.13. The van der Waals surface area contributed by atoms with Gasteiger partial charge in [-0.3, -0.25) is 14.9 Å². The van der Waals surface area contributed by atoms with Gasteiger partial charge in [-0.05, 0) is 79.1 Å². The summed E-state index contributed by atoms with van der Waals surface area (Å²) >= 11 is 7.18. The molecule has 0 fully saturated rings. The average molecular weight is 660 g/mol. The number of carbonyl (C=O) groups is 1. The minimum Gasteiger partial charge on any atom is -0.487 e. The van der Waals surface area contributed by atoms with Crippen LogP contribution in [0, 0.1) is 26.9 Å². The number of methoxy groups -OCH3 is 1. The topological polar surface area (TPSA) is 132 Å². The van der Waals surface area contributed by atoms with Gasteiger partial charge in [-0.15, -0.1) is 0 Å². The number of carbonyl (C=O) groups excluding carboxylic acids is 1. The Morgan fingerprint density at radius 3 is 2.41 bits per heavy atom. The first-order valence-corrected chi connectivity index (χ1v) is 13.8. The van der Waals surface area contributed by atoms with Crippen molar-refractivity contribution in [2.45, 2.75) is 39.2 Å². The monoisotopic (exact) mass is 658 g/mol. The number of nitro benzene ring substituents is 1. The molecule has 9 nitrogen and oxygen atoms in total. The molecule has 0 spiro atoms. The van der Waals surface area contributed by atoms with Crippen molar-refractivity contribution in [1.82, 2.24) is 4.90 Å². The third-order valence-electron chi connectivity index (χ3n) is 6.89. The highest BCUT2D eigenvalue weighted by Crippen LogP contribution is 2.50. The number of nitrogens with zero attached hydrogens (tertiary/aromatic N) is 3. The summed E-state index contributed by atoms with van der Waals surface area (Å²) in [4.78, 5) is 25.9. The smallest absolute Gasteiger partial charge is 0.269 e. The van der Waals surface area contributed by atoms with Crippen molar-refractivity contribution in [1.29, 1.82) is 5.26 Å². The van der Waals surface area contributed by atoms with Gasteiger partial charge in [-0.25, -0.2) is 0 Å². The lowest BCUT2D eigenvalue weighted by Gasteiger charge is -2.43. The molecule has 2 aliphatic rings. The van der Waals surface area contributed by atoms with E-state index in [0.717, 1.165) is 16.8 Å². The summed E-state index contributed by atoms with van der Waals surface area (Å²) in [5.41, 5.74) is 9.58. The van der Waals surface area contributed by atoms with Crippen LogP contribution in [-0.4, -0.2) is 35.9 Å². The SMILES string of the molecule is COCCN1C(N)=C(C#N)[C@@H](c2cc(Br)c(OCc3ccc([N+](=O)[O-])cc3)c(Br)c2)C2=C1CC(C)(C)CC2=O. The van der Waals surface area contributed by atoms with Gasteiger partial charge in [0.2, 0.25) is 0 Å². The Hall–Kier alpha value is -3.20. The lowest BCUT2D eigenvalue weighted by Crippen LogP contribution is -2.43. The number of hydrogen-bond donors (Lipinski definition) is 1. The van der Waals surface area contributed by atoms with E-state index in [-0.39, 0.29) is 23.5 Å². The third kappa shape index (κ3) is 5.88. The molecular weight excluding hydrogens is 632 g/mol. The van der Waals surface area contributed by atoms with Crippen LogP contribution in [0.3, 0.4) is 0 Å². The molecule has 11 heteroatoms. The van der Waals surface area contributed by atoms with Gasteiger partial charge in [0.25, 0.3) is 5.69 Å². The molecule has 0 unspecified atom stereocenters. The van der Waals surface area contributed by atoms with Crippen LogP contribution in [0.2, 0.25) is 0 Å². The fourth-order valence-corrected chi connectivity index (χ4v) is 6.55. The fourth-order valence-electron chi connectivity index (χ4n) is 5.10. The summed E-state index contributed by atoms with van der Waals surface area (Å²) in [5.74, 6) is 0.230.